The molecule has 4 heteroatoms. The summed E-state index contributed by atoms with van der Waals surface area (Å²) < 4.78 is 20.6. The minimum atomic E-state index is -2.26. The topological polar surface area (TPSA) is 35.5 Å². The van der Waals surface area contributed by atoms with Gasteiger partial charge in [0.15, 0.2) is 0 Å². The van der Waals surface area contributed by atoms with Crippen LogP contribution in [0.2, 0.25) is 0 Å². The highest BCUT2D eigenvalue weighted by atomic mass is 28.3. The summed E-state index contributed by atoms with van der Waals surface area (Å²) in [5.74, 6) is 0. The maximum Gasteiger partial charge on any atom is 0.767 e. The molecule has 0 atom stereocenters. The van der Waals surface area contributed by atoms with Crippen LogP contribution in [0, 0.1) is 0 Å². The van der Waals surface area contributed by atoms with E-state index in [9.17, 15) is 4.46 Å². The molecule has 0 aliphatic carbocycles. The van der Waals surface area contributed by atoms with Gasteiger partial charge in [-0.3, -0.25) is 4.46 Å². The Hall–Kier alpha value is -0.903. The summed E-state index contributed by atoms with van der Waals surface area (Å²) in [5, 5.41) is 0. The van der Waals surface area contributed by atoms with Gasteiger partial charge in [-0.15, -0.1) is 0 Å². The third-order valence-corrected chi connectivity index (χ3v) is 2.56. The first kappa shape index (κ1) is 14.1. The van der Waals surface area contributed by atoms with E-state index in [2.05, 4.69) is 19.1 Å². The van der Waals surface area contributed by atoms with Gasteiger partial charge in [-0.1, -0.05) is 31.2 Å². The van der Waals surface area contributed by atoms with Gasteiger partial charge in [-0.25, -0.2) is 0 Å². The molecule has 0 radical (unpaired) electrons. The van der Waals surface area contributed by atoms with Crippen LogP contribution in [0.5, 0.6) is 0 Å². The van der Waals surface area contributed by atoms with Gasteiger partial charge < -0.3 is 8.85 Å². The summed E-state index contributed by atoms with van der Waals surface area (Å²) in [4.78, 5) is 0. The molecule has 0 heterocycles. The molecule has 0 aromatic heterocycles. The summed E-state index contributed by atoms with van der Waals surface area (Å²) >= 11 is 0. The third-order valence-electron chi connectivity index (χ3n) is 1.63. The van der Waals surface area contributed by atoms with Crippen LogP contribution in [-0.4, -0.2) is 22.4 Å². The first-order chi connectivity index (χ1) is 7.31. The lowest BCUT2D eigenvalue weighted by Gasteiger charge is -1.99. The second-order valence-corrected chi connectivity index (χ2v) is 4.00. The fraction of sp³-hybridized carbons (Fsp3) is 0.636. The van der Waals surface area contributed by atoms with Crippen molar-refractivity contribution in [2.75, 3.05) is 13.2 Å². The zero-order valence-electron chi connectivity index (χ0n) is 9.57. The highest BCUT2D eigenvalue weighted by molar-refractivity contribution is 6.26. The molecule has 0 unspecified atom stereocenters. The number of hydrogen-bond donors (Lipinski definition) is 0. The van der Waals surface area contributed by atoms with Gasteiger partial charge in [-0.05, 0) is 26.2 Å². The summed E-state index contributed by atoms with van der Waals surface area (Å²) in [5.41, 5.74) is 0. The van der Waals surface area contributed by atoms with E-state index in [4.69, 9.17) is 8.85 Å². The minimum Gasteiger partial charge on any atom is -0.496 e. The SMILES string of the molecule is CCC=CCCC=CCO[Si](=O)OCC. The monoisotopic (exact) mass is 228 g/mol. The Bertz CT molecular complexity index is 212. The first-order valence-corrected chi connectivity index (χ1v) is 6.63. The maximum absolute atomic E-state index is 10.9. The molecule has 0 rings (SSSR count). The maximum atomic E-state index is 10.9. The lowest BCUT2D eigenvalue weighted by atomic mass is 10.2. The lowest BCUT2D eigenvalue weighted by Crippen LogP contribution is -2.11. The standard InChI is InChI=1S/C11H20O3Si/c1-3-5-6-7-8-9-10-11-14-15(12)13-4-2/h5-6,9-10H,3-4,7-8,11H2,1-2H3. The van der Waals surface area contributed by atoms with Crippen molar-refractivity contribution in [2.45, 2.75) is 33.1 Å². The second kappa shape index (κ2) is 11.2. The van der Waals surface area contributed by atoms with Gasteiger partial charge in [0.05, 0.1) is 13.2 Å². The van der Waals surface area contributed by atoms with Crippen LogP contribution in [0.3, 0.4) is 0 Å². The van der Waals surface area contributed by atoms with Crippen LogP contribution in [0.25, 0.3) is 0 Å². The summed E-state index contributed by atoms with van der Waals surface area (Å²) in [6.07, 6.45) is 11.3. The van der Waals surface area contributed by atoms with Crippen LogP contribution in [0.1, 0.15) is 33.1 Å². The van der Waals surface area contributed by atoms with E-state index in [-0.39, 0.29) is 0 Å². The molecule has 3 nitrogen and oxygen atoms in total. The summed E-state index contributed by atoms with van der Waals surface area (Å²) in [6, 6.07) is 0. The highest BCUT2D eigenvalue weighted by Gasteiger charge is 2.06. The minimum absolute atomic E-state index is 0.370. The Labute approximate surface area is 93.7 Å². The molecule has 0 aromatic rings. The molecule has 0 spiro atoms. The van der Waals surface area contributed by atoms with Crippen molar-refractivity contribution in [1.29, 1.82) is 0 Å². The summed E-state index contributed by atoms with van der Waals surface area (Å²) in [7, 11) is -2.26. The highest BCUT2D eigenvalue weighted by Crippen LogP contribution is 1.94. The molecule has 0 bridgehead atoms. The Morgan fingerprint density at radius 2 is 1.67 bits per heavy atom. The van der Waals surface area contributed by atoms with Crippen LogP contribution in [-0.2, 0) is 13.3 Å². The lowest BCUT2D eigenvalue weighted by molar-refractivity contribution is 0.190. The van der Waals surface area contributed by atoms with E-state index in [1.165, 1.54) is 0 Å². The molecule has 15 heavy (non-hydrogen) atoms. The Morgan fingerprint density at radius 3 is 2.27 bits per heavy atom. The van der Waals surface area contributed by atoms with E-state index >= 15 is 0 Å². The number of rotatable bonds is 9. The van der Waals surface area contributed by atoms with Gasteiger partial charge in [0.1, 0.15) is 0 Å². The van der Waals surface area contributed by atoms with E-state index in [0.717, 1.165) is 19.3 Å². The average Bonchev–Trinajstić information content (AvgIpc) is 2.22. The van der Waals surface area contributed by atoms with Gasteiger partial charge in [-0.2, -0.15) is 0 Å². The van der Waals surface area contributed by atoms with Crippen LogP contribution >= 0.6 is 0 Å². The van der Waals surface area contributed by atoms with Crippen LogP contribution in [0.15, 0.2) is 24.3 Å². The third kappa shape index (κ3) is 11.0. The van der Waals surface area contributed by atoms with Gasteiger partial charge in [0.2, 0.25) is 0 Å². The quantitative estimate of drug-likeness (QED) is 0.346. The molecule has 0 amide bonds. The molecule has 0 aliphatic rings. The number of unbranched alkanes of at least 4 members (excludes halogenated alkanes) is 1. The molecule has 0 aliphatic heterocycles. The Balaban J connectivity index is 3.31. The van der Waals surface area contributed by atoms with Crippen LogP contribution < -0.4 is 0 Å². The normalized spacial score (nSPS) is 11.1. The molecule has 0 aromatic carbocycles. The molecular weight excluding hydrogens is 208 g/mol. The summed E-state index contributed by atoms with van der Waals surface area (Å²) in [6.45, 7) is 4.71. The van der Waals surface area contributed by atoms with Crippen molar-refractivity contribution in [2.24, 2.45) is 0 Å². The molecule has 0 N–H and O–H groups in total. The Kier molecular flexibility index (Phi) is 10.5. The van der Waals surface area contributed by atoms with Crippen LogP contribution in [0.4, 0.5) is 0 Å². The number of hydrogen-bond acceptors (Lipinski definition) is 3. The predicted octanol–water partition coefficient (Wildman–Crippen LogP) is 2.76. The van der Waals surface area contributed by atoms with Crippen molar-refractivity contribution in [3.8, 4) is 0 Å². The van der Waals surface area contributed by atoms with E-state index in [1.54, 1.807) is 6.92 Å². The fourth-order valence-corrected chi connectivity index (χ4v) is 1.49. The van der Waals surface area contributed by atoms with Gasteiger partial charge in [0, 0.05) is 0 Å². The molecule has 0 saturated carbocycles. The zero-order chi connectivity index (χ0) is 11.4. The predicted molar refractivity (Wildman–Crippen MR) is 61.8 cm³/mol. The van der Waals surface area contributed by atoms with Crippen molar-refractivity contribution in [3.63, 3.8) is 0 Å². The molecule has 0 saturated heterocycles. The van der Waals surface area contributed by atoms with Crippen molar-refractivity contribution in [1.82, 2.24) is 0 Å². The van der Waals surface area contributed by atoms with Crippen molar-refractivity contribution >= 4 is 9.17 Å². The molecule has 0 fully saturated rings. The molecule has 86 valence electrons. The molecular formula is C11H20O3Si. The average molecular weight is 228 g/mol. The largest absolute Gasteiger partial charge is 0.767 e. The number of allylic oxidation sites excluding steroid dienone is 3. The van der Waals surface area contributed by atoms with E-state index < -0.39 is 9.17 Å². The van der Waals surface area contributed by atoms with E-state index in [1.807, 2.05) is 12.2 Å². The first-order valence-electron chi connectivity index (χ1n) is 5.40. The van der Waals surface area contributed by atoms with E-state index in [0.29, 0.717) is 13.2 Å². The second-order valence-electron chi connectivity index (χ2n) is 2.92. The Morgan fingerprint density at radius 1 is 1.00 bits per heavy atom. The van der Waals surface area contributed by atoms with Crippen molar-refractivity contribution < 1.29 is 13.3 Å². The van der Waals surface area contributed by atoms with Crippen molar-refractivity contribution in [3.05, 3.63) is 24.3 Å². The zero-order valence-corrected chi connectivity index (χ0v) is 10.6. The van der Waals surface area contributed by atoms with Gasteiger partial charge >= 0.3 is 9.17 Å². The fourth-order valence-electron chi connectivity index (χ4n) is 0.939. The van der Waals surface area contributed by atoms with Gasteiger partial charge in [0.25, 0.3) is 0 Å². The smallest absolute Gasteiger partial charge is 0.496 e.